The van der Waals surface area contributed by atoms with Crippen LogP contribution >= 0.6 is 0 Å². The summed E-state index contributed by atoms with van der Waals surface area (Å²) in [5, 5.41) is 2.81. The molecule has 1 amide bonds. The van der Waals surface area contributed by atoms with Gasteiger partial charge in [0.05, 0.1) is 7.11 Å². The molecule has 0 unspecified atom stereocenters. The Kier molecular flexibility index (Phi) is 5.95. The van der Waals surface area contributed by atoms with Crippen LogP contribution in [0.2, 0.25) is 0 Å². The quantitative estimate of drug-likeness (QED) is 0.794. The molecule has 0 saturated heterocycles. The van der Waals surface area contributed by atoms with Gasteiger partial charge in [0.1, 0.15) is 17.8 Å². The Bertz CT molecular complexity index is 717. The molecule has 2 aromatic rings. The fourth-order valence-electron chi connectivity index (χ4n) is 2.45. The summed E-state index contributed by atoms with van der Waals surface area (Å²) >= 11 is 0. The van der Waals surface area contributed by atoms with Crippen LogP contribution in [-0.2, 0) is 11.3 Å². The highest BCUT2D eigenvalue weighted by molar-refractivity contribution is 5.78. The Hall–Kier alpha value is -2.82. The number of aryl methyl sites for hydroxylation is 2. The molecular weight excluding hydrogens is 306 g/mol. The Morgan fingerprint density at radius 3 is 2.50 bits per heavy atom. The first-order valence-corrected chi connectivity index (χ1v) is 7.62. The molecule has 126 valence electrons. The number of carbonyl (C=O) groups is 2. The zero-order valence-electron chi connectivity index (χ0n) is 14.1. The van der Waals surface area contributed by atoms with Gasteiger partial charge in [-0.05, 0) is 54.8 Å². The molecule has 0 aliphatic rings. The summed E-state index contributed by atoms with van der Waals surface area (Å²) in [5.41, 5.74) is 3.21. The van der Waals surface area contributed by atoms with E-state index in [9.17, 15) is 9.59 Å². The third kappa shape index (κ3) is 4.59. The molecule has 0 aliphatic heterocycles. The first-order valence-electron chi connectivity index (χ1n) is 7.62. The Morgan fingerprint density at radius 2 is 1.88 bits per heavy atom. The van der Waals surface area contributed by atoms with Gasteiger partial charge in [-0.25, -0.2) is 0 Å². The standard InChI is InChI=1S/C19H21NO4/c1-13-7-16(11-21)8-14(2)19(13)24-12-18(22)20-10-15-5-4-6-17(9-15)23-3/h4-9,11H,10,12H2,1-3H3,(H,20,22). The van der Waals surface area contributed by atoms with E-state index in [4.69, 9.17) is 9.47 Å². The molecule has 0 fully saturated rings. The van der Waals surface area contributed by atoms with Crippen molar-refractivity contribution in [2.45, 2.75) is 20.4 Å². The molecule has 1 N–H and O–H groups in total. The average Bonchev–Trinajstić information content (AvgIpc) is 2.59. The van der Waals surface area contributed by atoms with Crippen molar-refractivity contribution >= 4 is 12.2 Å². The monoisotopic (exact) mass is 327 g/mol. The Labute approximate surface area is 141 Å². The molecule has 0 heterocycles. The molecule has 0 radical (unpaired) electrons. The van der Waals surface area contributed by atoms with Gasteiger partial charge in [0, 0.05) is 12.1 Å². The van der Waals surface area contributed by atoms with E-state index in [0.29, 0.717) is 17.9 Å². The minimum Gasteiger partial charge on any atom is -0.497 e. The summed E-state index contributed by atoms with van der Waals surface area (Å²) in [4.78, 5) is 22.8. The second-order valence-electron chi connectivity index (χ2n) is 5.52. The zero-order chi connectivity index (χ0) is 17.5. The predicted octanol–water partition coefficient (Wildman–Crippen LogP) is 2.82. The fraction of sp³-hybridized carbons (Fsp3) is 0.263. The smallest absolute Gasteiger partial charge is 0.258 e. The second kappa shape index (κ2) is 8.15. The van der Waals surface area contributed by atoms with Gasteiger partial charge in [-0.2, -0.15) is 0 Å². The molecule has 0 bridgehead atoms. The van der Waals surface area contributed by atoms with Gasteiger partial charge in [-0.1, -0.05) is 12.1 Å². The van der Waals surface area contributed by atoms with Crippen LogP contribution in [0.1, 0.15) is 27.0 Å². The summed E-state index contributed by atoms with van der Waals surface area (Å²) in [7, 11) is 1.60. The van der Waals surface area contributed by atoms with Crippen molar-refractivity contribution in [2.24, 2.45) is 0 Å². The molecule has 0 aliphatic carbocycles. The number of nitrogens with one attached hydrogen (secondary N) is 1. The van der Waals surface area contributed by atoms with E-state index in [1.165, 1.54) is 0 Å². The summed E-state index contributed by atoms with van der Waals surface area (Å²) in [6, 6.07) is 11.0. The van der Waals surface area contributed by atoms with Crippen LogP contribution in [0.3, 0.4) is 0 Å². The predicted molar refractivity (Wildman–Crippen MR) is 91.6 cm³/mol. The number of hydrogen-bond donors (Lipinski definition) is 1. The van der Waals surface area contributed by atoms with E-state index in [-0.39, 0.29) is 12.5 Å². The highest BCUT2D eigenvalue weighted by Gasteiger charge is 2.09. The van der Waals surface area contributed by atoms with Crippen molar-refractivity contribution in [3.05, 3.63) is 58.7 Å². The third-order valence-corrected chi connectivity index (χ3v) is 3.59. The maximum atomic E-state index is 12.0. The van der Waals surface area contributed by atoms with Gasteiger partial charge < -0.3 is 14.8 Å². The van der Waals surface area contributed by atoms with Crippen molar-refractivity contribution in [1.29, 1.82) is 0 Å². The second-order valence-corrected chi connectivity index (χ2v) is 5.52. The van der Waals surface area contributed by atoms with Gasteiger partial charge in [0.25, 0.3) is 5.91 Å². The molecule has 24 heavy (non-hydrogen) atoms. The molecule has 0 aromatic heterocycles. The van der Waals surface area contributed by atoms with E-state index in [2.05, 4.69) is 5.32 Å². The van der Waals surface area contributed by atoms with Crippen LogP contribution < -0.4 is 14.8 Å². The number of hydrogen-bond acceptors (Lipinski definition) is 4. The van der Waals surface area contributed by atoms with Gasteiger partial charge in [-0.3, -0.25) is 9.59 Å². The lowest BCUT2D eigenvalue weighted by Gasteiger charge is -2.13. The largest absolute Gasteiger partial charge is 0.497 e. The van der Waals surface area contributed by atoms with Crippen LogP contribution in [0.5, 0.6) is 11.5 Å². The molecule has 0 saturated carbocycles. The van der Waals surface area contributed by atoms with Crippen molar-refractivity contribution in [1.82, 2.24) is 5.32 Å². The number of carbonyl (C=O) groups excluding carboxylic acids is 2. The molecule has 5 nitrogen and oxygen atoms in total. The number of benzene rings is 2. The topological polar surface area (TPSA) is 64.6 Å². The van der Waals surface area contributed by atoms with E-state index in [0.717, 1.165) is 28.7 Å². The van der Waals surface area contributed by atoms with E-state index in [1.807, 2.05) is 38.1 Å². The lowest BCUT2D eigenvalue weighted by atomic mass is 10.1. The number of methoxy groups -OCH3 is 1. The van der Waals surface area contributed by atoms with Gasteiger partial charge in [0.2, 0.25) is 0 Å². The highest BCUT2D eigenvalue weighted by atomic mass is 16.5. The van der Waals surface area contributed by atoms with Crippen LogP contribution in [0.4, 0.5) is 0 Å². The number of rotatable bonds is 7. The van der Waals surface area contributed by atoms with E-state index < -0.39 is 0 Å². The summed E-state index contributed by atoms with van der Waals surface area (Å²) in [5.74, 6) is 1.17. The van der Waals surface area contributed by atoms with Gasteiger partial charge in [0.15, 0.2) is 6.61 Å². The summed E-state index contributed by atoms with van der Waals surface area (Å²) < 4.78 is 10.8. The zero-order valence-corrected chi connectivity index (χ0v) is 14.1. The van der Waals surface area contributed by atoms with E-state index in [1.54, 1.807) is 19.2 Å². The average molecular weight is 327 g/mol. The highest BCUT2D eigenvalue weighted by Crippen LogP contribution is 2.24. The van der Waals surface area contributed by atoms with Crippen LogP contribution in [0.15, 0.2) is 36.4 Å². The number of ether oxygens (including phenoxy) is 2. The number of amides is 1. The maximum Gasteiger partial charge on any atom is 0.258 e. The first kappa shape index (κ1) is 17.5. The molecule has 2 rings (SSSR count). The van der Waals surface area contributed by atoms with Crippen LogP contribution in [0.25, 0.3) is 0 Å². The lowest BCUT2D eigenvalue weighted by Crippen LogP contribution is -2.28. The third-order valence-electron chi connectivity index (χ3n) is 3.59. The lowest BCUT2D eigenvalue weighted by molar-refractivity contribution is -0.123. The minimum absolute atomic E-state index is 0.0773. The van der Waals surface area contributed by atoms with Gasteiger partial charge in [-0.15, -0.1) is 0 Å². The molecule has 2 aromatic carbocycles. The Balaban J connectivity index is 1.90. The minimum atomic E-state index is -0.212. The summed E-state index contributed by atoms with van der Waals surface area (Å²) in [6.45, 7) is 4.03. The van der Waals surface area contributed by atoms with Gasteiger partial charge >= 0.3 is 0 Å². The molecule has 5 heteroatoms. The molecule has 0 atom stereocenters. The van der Waals surface area contributed by atoms with Crippen molar-refractivity contribution in [2.75, 3.05) is 13.7 Å². The molecular formula is C19H21NO4. The normalized spacial score (nSPS) is 10.1. The fourth-order valence-corrected chi connectivity index (χ4v) is 2.45. The number of aldehydes is 1. The van der Waals surface area contributed by atoms with Crippen LogP contribution in [-0.4, -0.2) is 25.9 Å². The first-order chi connectivity index (χ1) is 11.5. The Morgan fingerprint density at radius 1 is 1.17 bits per heavy atom. The van der Waals surface area contributed by atoms with Crippen molar-refractivity contribution < 1.29 is 19.1 Å². The van der Waals surface area contributed by atoms with Crippen LogP contribution in [0, 0.1) is 13.8 Å². The summed E-state index contributed by atoms with van der Waals surface area (Å²) in [6.07, 6.45) is 0.796. The van der Waals surface area contributed by atoms with E-state index >= 15 is 0 Å². The molecule has 0 spiro atoms. The SMILES string of the molecule is COc1cccc(CNC(=O)COc2c(C)cc(C=O)cc2C)c1. The maximum absolute atomic E-state index is 12.0. The van der Waals surface area contributed by atoms with Crippen molar-refractivity contribution in [3.8, 4) is 11.5 Å². The van der Waals surface area contributed by atoms with Crippen molar-refractivity contribution in [3.63, 3.8) is 0 Å².